The Kier molecular flexibility index (Phi) is 14.2. The molecule has 380 valence electrons. The van der Waals surface area contributed by atoms with Crippen LogP contribution in [-0.4, -0.2) is 132 Å². The van der Waals surface area contributed by atoms with Gasteiger partial charge in [-0.05, 0) is 119 Å². The number of amides is 3. The summed E-state index contributed by atoms with van der Waals surface area (Å²) in [6.07, 6.45) is 10.5. The van der Waals surface area contributed by atoms with Crippen LogP contribution < -0.4 is 26.2 Å². The van der Waals surface area contributed by atoms with Gasteiger partial charge in [0.15, 0.2) is 5.82 Å². The number of carbonyl (C=O) groups is 3. The average Bonchev–Trinajstić information content (AvgIpc) is 4.08. The van der Waals surface area contributed by atoms with Gasteiger partial charge in [-0.3, -0.25) is 14.4 Å². The molecule has 5 fully saturated rings. The van der Waals surface area contributed by atoms with Crippen molar-refractivity contribution < 1.29 is 24.6 Å². The number of benzene rings is 2. The Morgan fingerprint density at radius 2 is 1.53 bits per heavy atom. The van der Waals surface area contributed by atoms with E-state index in [1.807, 2.05) is 45.9 Å². The van der Waals surface area contributed by atoms with Crippen LogP contribution in [0.25, 0.3) is 21.7 Å². The predicted molar refractivity (Wildman–Crippen MR) is 278 cm³/mol. The van der Waals surface area contributed by atoms with Gasteiger partial charge in [0.1, 0.15) is 23.7 Å². The summed E-state index contributed by atoms with van der Waals surface area (Å²) in [7, 11) is 0. The molecular weight excluding hydrogens is 929 g/mol. The number of nitrogen functional groups attached to an aromatic ring is 1. The van der Waals surface area contributed by atoms with Crippen LogP contribution in [0.15, 0.2) is 72.5 Å². The maximum absolute atomic E-state index is 14.3. The molecule has 1 saturated carbocycles. The zero-order chi connectivity index (χ0) is 50.3. The van der Waals surface area contributed by atoms with Crippen LogP contribution in [0, 0.1) is 18.3 Å². The lowest BCUT2D eigenvalue weighted by Gasteiger charge is -2.44. The highest BCUT2D eigenvalue weighted by Gasteiger charge is 2.46. The third-order valence-corrected chi connectivity index (χ3v) is 17.0. The first-order chi connectivity index (χ1) is 34.7. The Hall–Kier alpha value is -6.24. The molecule has 1 aliphatic carbocycles. The van der Waals surface area contributed by atoms with E-state index in [2.05, 4.69) is 74.7 Å². The number of aromatic hydroxyl groups is 1. The van der Waals surface area contributed by atoms with Crippen molar-refractivity contribution in [2.75, 3.05) is 48.3 Å². The van der Waals surface area contributed by atoms with Gasteiger partial charge in [-0.25, -0.2) is 15.0 Å². The molecular formula is C54H68N12O5S. The first-order valence-corrected chi connectivity index (χ1v) is 26.6. The number of aliphatic hydroxyl groups is 1. The topological polar surface area (TPSA) is 219 Å². The highest BCUT2D eigenvalue weighted by molar-refractivity contribution is 7.13. The molecule has 2 bridgehead atoms. The van der Waals surface area contributed by atoms with Gasteiger partial charge in [0.25, 0.3) is 0 Å². The number of nitrogens with one attached hydrogen (secondary N) is 2. The lowest BCUT2D eigenvalue weighted by Crippen LogP contribution is -2.58. The van der Waals surface area contributed by atoms with Crippen molar-refractivity contribution in [1.29, 1.82) is 0 Å². The second-order valence-electron chi connectivity index (χ2n) is 21.7. The molecule has 18 heteroatoms. The van der Waals surface area contributed by atoms with Gasteiger partial charge < -0.3 is 46.2 Å². The van der Waals surface area contributed by atoms with Gasteiger partial charge in [-0.2, -0.15) is 0 Å². The van der Waals surface area contributed by atoms with E-state index in [9.17, 15) is 24.6 Å². The van der Waals surface area contributed by atoms with Gasteiger partial charge >= 0.3 is 0 Å². The number of aryl methyl sites for hydroxylation is 1. The molecule has 4 aliphatic heterocycles. The molecule has 0 spiro atoms. The lowest BCUT2D eigenvalue weighted by molar-refractivity contribution is -0.144. The zero-order valence-corrected chi connectivity index (χ0v) is 42.6. The fourth-order valence-electron chi connectivity index (χ4n) is 12.0. The number of anilines is 3. The first kappa shape index (κ1) is 49.3. The van der Waals surface area contributed by atoms with Gasteiger partial charge in [0.2, 0.25) is 17.7 Å². The molecule has 5 aromatic rings. The smallest absolute Gasteiger partial charge is 0.246 e. The number of aliphatic hydroxyl groups excluding tert-OH is 1. The van der Waals surface area contributed by atoms with E-state index >= 15 is 0 Å². The summed E-state index contributed by atoms with van der Waals surface area (Å²) in [5.74, 6) is 0.427. The van der Waals surface area contributed by atoms with Crippen molar-refractivity contribution in [1.82, 2.24) is 45.6 Å². The second-order valence-corrected chi connectivity index (χ2v) is 22.6. The molecule has 3 aromatic heterocycles. The van der Waals surface area contributed by atoms with Crippen molar-refractivity contribution in [3.05, 3.63) is 89.6 Å². The predicted octanol–water partition coefficient (Wildman–Crippen LogP) is 6.06. The average molecular weight is 997 g/mol. The minimum Gasteiger partial charge on any atom is -0.507 e. The number of piperazine rings is 1. The summed E-state index contributed by atoms with van der Waals surface area (Å²) in [5.41, 5.74) is 14.1. The molecule has 6 N–H and O–H groups in total. The van der Waals surface area contributed by atoms with E-state index in [-0.39, 0.29) is 43.0 Å². The van der Waals surface area contributed by atoms with Gasteiger partial charge in [0.05, 0.1) is 40.1 Å². The number of likely N-dealkylation sites (tertiary alicyclic amines) is 2. The second kappa shape index (κ2) is 20.7. The number of nitrogens with zero attached hydrogens (tertiary/aromatic N) is 9. The Morgan fingerprint density at radius 3 is 2.18 bits per heavy atom. The summed E-state index contributed by atoms with van der Waals surface area (Å²) in [6.45, 7) is 11.5. The molecule has 7 heterocycles. The van der Waals surface area contributed by atoms with E-state index < -0.39 is 29.5 Å². The summed E-state index contributed by atoms with van der Waals surface area (Å²) in [6, 6.07) is 17.8. The van der Waals surface area contributed by atoms with E-state index in [0.717, 1.165) is 99.4 Å². The number of β-amino-alcohol motifs (C(OH)–C–C–N with tert-alkyl or cyclic N) is 1. The Labute approximate surface area is 425 Å². The van der Waals surface area contributed by atoms with Crippen LogP contribution in [0.4, 0.5) is 17.2 Å². The zero-order valence-electron chi connectivity index (χ0n) is 41.8. The first-order valence-electron chi connectivity index (χ1n) is 25.7. The Morgan fingerprint density at radius 1 is 0.847 bits per heavy atom. The number of phenolic OH excluding ortho intramolecular Hbond substituents is 1. The van der Waals surface area contributed by atoms with Crippen molar-refractivity contribution in [2.45, 2.75) is 134 Å². The number of hydrogen-bond donors (Lipinski definition) is 5. The number of nitrogens with two attached hydrogens (primary N) is 1. The van der Waals surface area contributed by atoms with Crippen molar-refractivity contribution in [2.24, 2.45) is 11.3 Å². The fourth-order valence-corrected chi connectivity index (χ4v) is 12.8. The Balaban J connectivity index is 0.686. The normalized spacial score (nSPS) is 24.3. The maximum Gasteiger partial charge on any atom is 0.246 e. The minimum absolute atomic E-state index is 0.0129. The fraction of sp³-hybridized carbons (Fsp3) is 0.519. The number of para-hydroxylation sites is 1. The molecule has 3 amide bonds. The number of fused-ring (bicyclic) bond motifs is 2. The van der Waals surface area contributed by atoms with Gasteiger partial charge in [-0.1, -0.05) is 45.0 Å². The largest absolute Gasteiger partial charge is 0.507 e. The standard InChI is InChI=1S/C54H68N12O5S/c1-32-48(72-31-59-32)36-25-56-47(57-26-36)27-58-52(70)45-23-41(67)30-65(45)53(71)49(54(2,3)4)60-51(69)35-11-13-37(14-12-35)63-21-19-34(20-22-63)33-9-15-38(16-10-33)66-39-17-18-40(66)29-64(28-39)44-24-43(61-62-50(44)55)42-7-5-6-8-46(42)68/h5-10,15-16,24-26,31,34-35,37,39-41,45,49,67-68H,11-14,17-23,27-30H2,1-4H3,(H2,55,62)(H,58,70)(H,60,69)/t35-,37-,39?,40?,41-,45+,49-/m1/s1. The molecule has 5 atom stereocenters. The number of carbonyl (C=O) groups excluding carboxylic acids is 3. The Bertz CT molecular complexity index is 2720. The molecule has 5 aliphatic rings. The molecule has 10 rings (SSSR count). The number of thiazole rings is 1. The maximum atomic E-state index is 14.3. The van der Waals surface area contributed by atoms with Crippen molar-refractivity contribution in [3.63, 3.8) is 0 Å². The highest BCUT2D eigenvalue weighted by atomic mass is 32.1. The van der Waals surface area contributed by atoms with Gasteiger partial charge in [0, 0.05) is 79.3 Å². The third kappa shape index (κ3) is 10.4. The quantitative estimate of drug-likeness (QED) is 0.0961. The lowest BCUT2D eigenvalue weighted by atomic mass is 9.81. The van der Waals surface area contributed by atoms with Crippen LogP contribution in [0.2, 0.25) is 0 Å². The van der Waals surface area contributed by atoms with Crippen LogP contribution in [0.3, 0.4) is 0 Å². The van der Waals surface area contributed by atoms with Crippen molar-refractivity contribution in [3.8, 4) is 27.4 Å². The van der Waals surface area contributed by atoms with E-state index in [0.29, 0.717) is 46.9 Å². The number of aromatic nitrogens is 5. The van der Waals surface area contributed by atoms with Gasteiger partial charge in [-0.15, -0.1) is 21.5 Å². The molecule has 2 unspecified atom stereocenters. The number of phenols is 1. The number of hydrogen-bond acceptors (Lipinski definition) is 15. The highest BCUT2D eigenvalue weighted by Crippen LogP contribution is 2.41. The molecule has 2 aromatic carbocycles. The summed E-state index contributed by atoms with van der Waals surface area (Å²) >= 11 is 1.51. The summed E-state index contributed by atoms with van der Waals surface area (Å²) in [4.78, 5) is 65.0. The van der Waals surface area contributed by atoms with E-state index in [4.69, 9.17) is 5.73 Å². The monoisotopic (exact) mass is 997 g/mol. The molecule has 0 radical (unpaired) electrons. The number of rotatable bonds is 12. The van der Waals surface area contributed by atoms with Crippen LogP contribution in [0.5, 0.6) is 5.75 Å². The minimum atomic E-state index is -0.888. The number of piperidine rings is 1. The molecule has 4 saturated heterocycles. The molecule has 17 nitrogen and oxygen atoms in total. The summed E-state index contributed by atoms with van der Waals surface area (Å²) < 4.78 is 0. The summed E-state index contributed by atoms with van der Waals surface area (Å²) in [5, 5.41) is 35.8. The molecule has 72 heavy (non-hydrogen) atoms. The van der Waals surface area contributed by atoms with Crippen LogP contribution in [-0.2, 0) is 20.9 Å². The van der Waals surface area contributed by atoms with Crippen LogP contribution in [0.1, 0.15) is 102 Å². The van der Waals surface area contributed by atoms with Crippen LogP contribution >= 0.6 is 11.3 Å². The van der Waals surface area contributed by atoms with E-state index in [1.165, 1.54) is 27.5 Å². The van der Waals surface area contributed by atoms with E-state index in [1.54, 1.807) is 30.0 Å². The third-order valence-electron chi connectivity index (χ3n) is 16.0. The van der Waals surface area contributed by atoms with Crippen molar-refractivity contribution >= 4 is 46.3 Å². The SMILES string of the molecule is Cc1ncsc1-c1cnc(CNC(=O)[C@@H]2C[C@@H](O)CN2C(=O)[C@@H](NC(=O)[C@H]2CC[C@H](N3CCC(c4ccc(N5C6CCC5CN(c5cc(-c7ccccc7O)nnc5N)C6)cc4)CC3)CC2)C(C)(C)C)nc1.